The van der Waals surface area contributed by atoms with Gasteiger partial charge in [0.05, 0.1) is 11.9 Å². The summed E-state index contributed by atoms with van der Waals surface area (Å²) in [7, 11) is 0. The van der Waals surface area contributed by atoms with Crippen LogP contribution in [-0.4, -0.2) is 22.0 Å². The minimum atomic E-state index is -4.47. The van der Waals surface area contributed by atoms with Crippen LogP contribution >= 0.6 is 15.9 Å². The molecular formula is C13H17BrF3N3O. The summed E-state index contributed by atoms with van der Waals surface area (Å²) >= 11 is 3.08. The van der Waals surface area contributed by atoms with Crippen LogP contribution in [-0.2, 0) is 6.54 Å². The van der Waals surface area contributed by atoms with Crippen molar-refractivity contribution in [1.82, 2.24) is 9.78 Å². The van der Waals surface area contributed by atoms with Crippen molar-refractivity contribution in [3.63, 3.8) is 0 Å². The van der Waals surface area contributed by atoms with E-state index in [1.54, 1.807) is 0 Å². The molecule has 0 saturated heterocycles. The Morgan fingerprint density at radius 3 is 2.71 bits per heavy atom. The smallest absolute Gasteiger partial charge is 0.380 e. The van der Waals surface area contributed by atoms with Crippen LogP contribution in [0.15, 0.2) is 15.5 Å². The topological polar surface area (TPSA) is 46.9 Å². The Morgan fingerprint density at radius 2 is 2.10 bits per heavy atom. The summed E-state index contributed by atoms with van der Waals surface area (Å²) in [5, 5.41) is 6.83. The van der Waals surface area contributed by atoms with Crippen molar-refractivity contribution in [3.05, 3.63) is 21.0 Å². The van der Waals surface area contributed by atoms with Gasteiger partial charge in [-0.1, -0.05) is 19.8 Å². The zero-order chi connectivity index (χ0) is 15.6. The van der Waals surface area contributed by atoms with Crippen LogP contribution in [0, 0.1) is 5.92 Å². The lowest BCUT2D eigenvalue weighted by Crippen LogP contribution is -2.34. The lowest BCUT2D eigenvalue weighted by molar-refractivity contribution is -0.143. The van der Waals surface area contributed by atoms with E-state index in [9.17, 15) is 18.0 Å². The van der Waals surface area contributed by atoms with Gasteiger partial charge in [-0.25, -0.2) is 4.68 Å². The van der Waals surface area contributed by atoms with Crippen LogP contribution in [0.2, 0.25) is 0 Å². The molecule has 0 spiro atoms. The third-order valence-corrected chi connectivity index (χ3v) is 4.53. The number of anilines is 1. The maximum absolute atomic E-state index is 12.3. The van der Waals surface area contributed by atoms with E-state index in [-0.39, 0.29) is 10.5 Å². The molecule has 1 aliphatic rings. The summed E-state index contributed by atoms with van der Waals surface area (Å²) in [6.07, 6.45) is 1.19. The summed E-state index contributed by atoms with van der Waals surface area (Å²) in [6, 6.07) is 0.217. The van der Waals surface area contributed by atoms with Crippen LogP contribution in [0.25, 0.3) is 0 Å². The molecule has 2 rings (SSSR count). The molecule has 4 nitrogen and oxygen atoms in total. The fourth-order valence-corrected chi connectivity index (χ4v) is 3.00. The molecule has 0 radical (unpaired) electrons. The van der Waals surface area contributed by atoms with E-state index in [2.05, 4.69) is 33.3 Å². The highest BCUT2D eigenvalue weighted by Crippen LogP contribution is 2.28. The van der Waals surface area contributed by atoms with Gasteiger partial charge in [0, 0.05) is 6.04 Å². The van der Waals surface area contributed by atoms with E-state index in [4.69, 9.17) is 0 Å². The maximum Gasteiger partial charge on any atom is 0.408 e. The minimum Gasteiger partial charge on any atom is -0.380 e. The molecule has 0 aliphatic heterocycles. The number of hydrogen-bond acceptors (Lipinski definition) is 3. The van der Waals surface area contributed by atoms with Gasteiger partial charge in [0.15, 0.2) is 0 Å². The number of hydrogen-bond donors (Lipinski definition) is 1. The SMILES string of the molecule is CC1CCCCC1Nc1cnn(CC(F)(F)F)c(=O)c1Br. The highest BCUT2D eigenvalue weighted by molar-refractivity contribution is 9.10. The first kappa shape index (κ1) is 16.3. The Labute approximate surface area is 128 Å². The Hall–Kier alpha value is -1.05. The summed E-state index contributed by atoms with van der Waals surface area (Å²) in [5.41, 5.74) is -0.321. The molecule has 1 aromatic heterocycles. The van der Waals surface area contributed by atoms with Gasteiger partial charge < -0.3 is 5.32 Å². The average Bonchev–Trinajstić information content (AvgIpc) is 2.39. The fourth-order valence-electron chi connectivity index (χ4n) is 2.58. The number of alkyl halides is 3. The quantitative estimate of drug-likeness (QED) is 0.888. The van der Waals surface area contributed by atoms with Crippen molar-refractivity contribution in [2.24, 2.45) is 5.92 Å². The standard InChI is InChI=1S/C13H17BrF3N3O/c1-8-4-2-3-5-9(8)19-10-6-18-20(7-13(15,16)17)12(21)11(10)14/h6,8-9,19H,2-5,7H2,1H3. The van der Waals surface area contributed by atoms with E-state index in [0.717, 1.165) is 19.3 Å². The van der Waals surface area contributed by atoms with Gasteiger partial charge in [-0.3, -0.25) is 4.79 Å². The Morgan fingerprint density at radius 1 is 1.43 bits per heavy atom. The largest absolute Gasteiger partial charge is 0.408 e. The van der Waals surface area contributed by atoms with E-state index in [1.807, 2.05) is 0 Å². The molecule has 1 aromatic rings. The van der Waals surface area contributed by atoms with E-state index in [0.29, 0.717) is 16.3 Å². The molecule has 118 valence electrons. The van der Waals surface area contributed by atoms with Crippen molar-refractivity contribution in [3.8, 4) is 0 Å². The van der Waals surface area contributed by atoms with E-state index in [1.165, 1.54) is 12.6 Å². The molecule has 1 N–H and O–H groups in total. The number of rotatable bonds is 3. The first-order valence-electron chi connectivity index (χ1n) is 6.87. The molecule has 2 unspecified atom stereocenters. The third-order valence-electron chi connectivity index (χ3n) is 3.77. The first-order chi connectivity index (χ1) is 9.78. The average molecular weight is 368 g/mol. The van der Waals surface area contributed by atoms with Crippen LogP contribution in [0.4, 0.5) is 18.9 Å². The zero-order valence-electron chi connectivity index (χ0n) is 11.6. The molecule has 1 heterocycles. The second-order valence-corrected chi connectivity index (χ2v) is 6.26. The maximum atomic E-state index is 12.3. The van der Waals surface area contributed by atoms with Gasteiger partial charge in [-0.15, -0.1) is 0 Å². The molecule has 0 bridgehead atoms. The normalized spacial score (nSPS) is 23.1. The monoisotopic (exact) mass is 367 g/mol. The molecule has 1 fully saturated rings. The molecule has 21 heavy (non-hydrogen) atoms. The second-order valence-electron chi connectivity index (χ2n) is 5.46. The Balaban J connectivity index is 2.18. The molecular weight excluding hydrogens is 351 g/mol. The molecule has 0 aromatic carbocycles. The Bertz CT molecular complexity index is 559. The summed E-state index contributed by atoms with van der Waals surface area (Å²) in [4.78, 5) is 11.9. The van der Waals surface area contributed by atoms with Crippen molar-refractivity contribution in [2.45, 2.75) is 51.4 Å². The molecule has 1 aliphatic carbocycles. The first-order valence-corrected chi connectivity index (χ1v) is 7.66. The van der Waals surface area contributed by atoms with Gasteiger partial charge in [0.2, 0.25) is 0 Å². The molecule has 2 atom stereocenters. The number of aromatic nitrogens is 2. The van der Waals surface area contributed by atoms with Crippen molar-refractivity contribution in [1.29, 1.82) is 0 Å². The van der Waals surface area contributed by atoms with Gasteiger partial charge in [-0.05, 0) is 34.7 Å². The van der Waals surface area contributed by atoms with Crippen LogP contribution in [0.1, 0.15) is 32.6 Å². The van der Waals surface area contributed by atoms with Crippen molar-refractivity contribution in [2.75, 3.05) is 5.32 Å². The fraction of sp³-hybridized carbons (Fsp3) is 0.692. The van der Waals surface area contributed by atoms with Gasteiger partial charge in [-0.2, -0.15) is 18.3 Å². The van der Waals surface area contributed by atoms with Crippen LogP contribution in [0.5, 0.6) is 0 Å². The van der Waals surface area contributed by atoms with E-state index >= 15 is 0 Å². The van der Waals surface area contributed by atoms with Crippen molar-refractivity contribution < 1.29 is 13.2 Å². The second kappa shape index (κ2) is 6.37. The van der Waals surface area contributed by atoms with E-state index < -0.39 is 18.3 Å². The van der Waals surface area contributed by atoms with Gasteiger partial charge in [0.25, 0.3) is 5.56 Å². The van der Waals surface area contributed by atoms with Crippen LogP contribution < -0.4 is 10.9 Å². The lowest BCUT2D eigenvalue weighted by atomic mass is 9.86. The lowest BCUT2D eigenvalue weighted by Gasteiger charge is -2.30. The number of nitrogens with zero attached hydrogens (tertiary/aromatic N) is 2. The minimum absolute atomic E-state index is 0.0968. The predicted octanol–water partition coefficient (Wildman–Crippen LogP) is 3.56. The molecule has 0 amide bonds. The van der Waals surface area contributed by atoms with Crippen molar-refractivity contribution >= 4 is 21.6 Å². The number of nitrogens with one attached hydrogen (secondary N) is 1. The summed E-state index contributed by atoms with van der Waals surface area (Å²) in [5.74, 6) is 0.461. The zero-order valence-corrected chi connectivity index (χ0v) is 13.2. The van der Waals surface area contributed by atoms with Gasteiger partial charge in [0.1, 0.15) is 11.0 Å². The molecule has 1 saturated carbocycles. The summed E-state index contributed by atoms with van der Waals surface area (Å²) < 4.78 is 37.6. The molecule has 8 heteroatoms. The highest BCUT2D eigenvalue weighted by Gasteiger charge is 2.30. The third kappa shape index (κ3) is 4.21. The van der Waals surface area contributed by atoms with Crippen LogP contribution in [0.3, 0.4) is 0 Å². The number of halogens is 4. The predicted molar refractivity (Wildman–Crippen MR) is 77.3 cm³/mol. The highest BCUT2D eigenvalue weighted by atomic mass is 79.9. The Kier molecular flexibility index (Phi) is 4.95. The van der Waals surface area contributed by atoms with Gasteiger partial charge >= 0.3 is 6.18 Å². The summed E-state index contributed by atoms with van der Waals surface area (Å²) in [6.45, 7) is 0.744.